The summed E-state index contributed by atoms with van der Waals surface area (Å²) < 4.78 is 29.2. The monoisotopic (exact) mass is 257 g/mol. The standard InChI is InChI=1S/C13H20FNO3/c1-13(2,17-4)5-6-18-11-8-12(16-3)10(15)7-9(11)14/h7-8H,5-6,15H2,1-4H3. The van der Waals surface area contributed by atoms with E-state index in [2.05, 4.69) is 0 Å². The first kappa shape index (κ1) is 14.6. The van der Waals surface area contributed by atoms with Crippen molar-refractivity contribution < 1.29 is 18.6 Å². The van der Waals surface area contributed by atoms with Gasteiger partial charge in [-0.3, -0.25) is 0 Å². The van der Waals surface area contributed by atoms with Gasteiger partial charge in [0.1, 0.15) is 5.75 Å². The Balaban J connectivity index is 2.68. The number of benzene rings is 1. The summed E-state index contributed by atoms with van der Waals surface area (Å²) in [4.78, 5) is 0. The summed E-state index contributed by atoms with van der Waals surface area (Å²) in [7, 11) is 3.11. The van der Waals surface area contributed by atoms with Gasteiger partial charge in [0.15, 0.2) is 11.6 Å². The smallest absolute Gasteiger partial charge is 0.167 e. The van der Waals surface area contributed by atoms with Gasteiger partial charge in [0, 0.05) is 25.7 Å². The minimum Gasteiger partial charge on any atom is -0.494 e. The highest BCUT2D eigenvalue weighted by molar-refractivity contribution is 5.56. The van der Waals surface area contributed by atoms with Crippen LogP contribution in [0.25, 0.3) is 0 Å². The Morgan fingerprint density at radius 2 is 1.89 bits per heavy atom. The van der Waals surface area contributed by atoms with Crippen LogP contribution in [0.4, 0.5) is 10.1 Å². The average molecular weight is 257 g/mol. The molecular formula is C13H20FNO3. The highest BCUT2D eigenvalue weighted by atomic mass is 19.1. The lowest BCUT2D eigenvalue weighted by atomic mass is 10.1. The van der Waals surface area contributed by atoms with Crippen molar-refractivity contribution in [3.63, 3.8) is 0 Å². The van der Waals surface area contributed by atoms with Crippen LogP contribution in [0.3, 0.4) is 0 Å². The number of nitrogen functional groups attached to an aromatic ring is 1. The van der Waals surface area contributed by atoms with E-state index in [0.717, 1.165) is 0 Å². The molecule has 0 saturated heterocycles. The van der Waals surface area contributed by atoms with Gasteiger partial charge in [-0.25, -0.2) is 4.39 Å². The molecule has 0 heterocycles. The van der Waals surface area contributed by atoms with E-state index < -0.39 is 5.82 Å². The Kier molecular flexibility index (Phi) is 4.78. The maximum absolute atomic E-state index is 13.6. The lowest BCUT2D eigenvalue weighted by molar-refractivity contribution is 0.00513. The molecule has 0 aromatic heterocycles. The summed E-state index contributed by atoms with van der Waals surface area (Å²) in [5.74, 6) is 0.0360. The van der Waals surface area contributed by atoms with E-state index in [1.807, 2.05) is 13.8 Å². The fraction of sp³-hybridized carbons (Fsp3) is 0.538. The minimum atomic E-state index is -0.497. The number of halogens is 1. The second-order valence-corrected chi connectivity index (χ2v) is 4.59. The van der Waals surface area contributed by atoms with Gasteiger partial charge in [-0.05, 0) is 13.8 Å². The topological polar surface area (TPSA) is 53.7 Å². The van der Waals surface area contributed by atoms with Crippen molar-refractivity contribution in [2.75, 3.05) is 26.6 Å². The van der Waals surface area contributed by atoms with Crippen LogP contribution in [0.15, 0.2) is 12.1 Å². The molecule has 0 fully saturated rings. The molecule has 0 spiro atoms. The molecule has 102 valence electrons. The molecule has 5 heteroatoms. The minimum absolute atomic E-state index is 0.132. The zero-order valence-corrected chi connectivity index (χ0v) is 11.2. The summed E-state index contributed by atoms with van der Waals surface area (Å²) >= 11 is 0. The second kappa shape index (κ2) is 5.91. The van der Waals surface area contributed by atoms with Crippen LogP contribution in [0.5, 0.6) is 11.5 Å². The van der Waals surface area contributed by atoms with E-state index in [1.165, 1.54) is 19.2 Å². The molecule has 1 aromatic carbocycles. The number of hydrogen-bond acceptors (Lipinski definition) is 4. The van der Waals surface area contributed by atoms with Gasteiger partial charge in [-0.1, -0.05) is 0 Å². The largest absolute Gasteiger partial charge is 0.494 e. The number of nitrogens with two attached hydrogens (primary N) is 1. The first-order valence-corrected chi connectivity index (χ1v) is 5.70. The van der Waals surface area contributed by atoms with Crippen LogP contribution in [0, 0.1) is 5.82 Å². The Hall–Kier alpha value is -1.49. The van der Waals surface area contributed by atoms with Crippen molar-refractivity contribution in [3.05, 3.63) is 17.9 Å². The molecule has 0 aliphatic rings. The molecule has 18 heavy (non-hydrogen) atoms. The third kappa shape index (κ3) is 3.77. The Bertz CT molecular complexity index is 407. The van der Waals surface area contributed by atoms with Crippen molar-refractivity contribution in [1.82, 2.24) is 0 Å². The molecule has 0 radical (unpaired) electrons. The molecule has 0 unspecified atom stereocenters. The molecule has 2 N–H and O–H groups in total. The summed E-state index contributed by atoms with van der Waals surface area (Å²) in [6, 6.07) is 2.64. The Morgan fingerprint density at radius 3 is 2.44 bits per heavy atom. The van der Waals surface area contributed by atoms with Crippen molar-refractivity contribution >= 4 is 5.69 Å². The van der Waals surface area contributed by atoms with E-state index >= 15 is 0 Å². The molecule has 0 bridgehead atoms. The summed E-state index contributed by atoms with van der Waals surface area (Å²) in [5.41, 5.74) is 5.53. The quantitative estimate of drug-likeness (QED) is 0.796. The van der Waals surface area contributed by atoms with Crippen LogP contribution >= 0.6 is 0 Å². The van der Waals surface area contributed by atoms with Crippen LogP contribution in [0.2, 0.25) is 0 Å². The molecule has 0 aliphatic heterocycles. The van der Waals surface area contributed by atoms with Crippen molar-refractivity contribution in [2.45, 2.75) is 25.9 Å². The van der Waals surface area contributed by atoms with Crippen LogP contribution in [0.1, 0.15) is 20.3 Å². The lowest BCUT2D eigenvalue weighted by Crippen LogP contribution is -2.25. The van der Waals surface area contributed by atoms with E-state index in [9.17, 15) is 4.39 Å². The number of methoxy groups -OCH3 is 2. The molecule has 0 saturated carbocycles. The first-order chi connectivity index (χ1) is 8.39. The SMILES string of the molecule is COc1cc(OCCC(C)(C)OC)c(F)cc1N. The fourth-order valence-corrected chi connectivity index (χ4v) is 1.35. The molecule has 0 amide bonds. The van der Waals surface area contributed by atoms with Crippen LogP contribution < -0.4 is 15.2 Å². The van der Waals surface area contributed by atoms with Gasteiger partial charge < -0.3 is 19.9 Å². The lowest BCUT2D eigenvalue weighted by Gasteiger charge is -2.22. The summed E-state index contributed by atoms with van der Waals surface area (Å²) in [6.45, 7) is 4.23. The van der Waals surface area contributed by atoms with Gasteiger partial charge in [-0.15, -0.1) is 0 Å². The van der Waals surface area contributed by atoms with Gasteiger partial charge in [0.2, 0.25) is 0 Å². The highest BCUT2D eigenvalue weighted by Gasteiger charge is 2.17. The molecule has 0 aliphatic carbocycles. The van der Waals surface area contributed by atoms with E-state index in [0.29, 0.717) is 18.8 Å². The molecule has 4 nitrogen and oxygen atoms in total. The second-order valence-electron chi connectivity index (χ2n) is 4.59. The maximum Gasteiger partial charge on any atom is 0.167 e. The maximum atomic E-state index is 13.6. The van der Waals surface area contributed by atoms with Gasteiger partial charge in [-0.2, -0.15) is 0 Å². The first-order valence-electron chi connectivity index (χ1n) is 5.70. The third-order valence-electron chi connectivity index (χ3n) is 2.80. The van der Waals surface area contributed by atoms with Crippen molar-refractivity contribution in [2.24, 2.45) is 0 Å². The fourth-order valence-electron chi connectivity index (χ4n) is 1.35. The third-order valence-corrected chi connectivity index (χ3v) is 2.80. The normalized spacial score (nSPS) is 11.4. The predicted octanol–water partition coefficient (Wildman–Crippen LogP) is 2.61. The van der Waals surface area contributed by atoms with Crippen molar-refractivity contribution in [3.8, 4) is 11.5 Å². The summed E-state index contributed by atoms with van der Waals surface area (Å²) in [6.07, 6.45) is 0.648. The van der Waals surface area contributed by atoms with Gasteiger partial charge in [0.05, 0.1) is 25.0 Å². The molecule has 1 aromatic rings. The summed E-state index contributed by atoms with van der Waals surface area (Å²) in [5, 5.41) is 0. The van der Waals surface area contributed by atoms with E-state index in [1.54, 1.807) is 7.11 Å². The highest BCUT2D eigenvalue weighted by Crippen LogP contribution is 2.30. The molecular weight excluding hydrogens is 237 g/mol. The Morgan fingerprint density at radius 1 is 1.22 bits per heavy atom. The number of ether oxygens (including phenoxy) is 3. The van der Waals surface area contributed by atoms with Crippen LogP contribution in [-0.2, 0) is 4.74 Å². The van der Waals surface area contributed by atoms with Gasteiger partial charge in [0.25, 0.3) is 0 Å². The van der Waals surface area contributed by atoms with E-state index in [4.69, 9.17) is 19.9 Å². The number of anilines is 1. The average Bonchev–Trinajstić information content (AvgIpc) is 2.32. The van der Waals surface area contributed by atoms with Crippen molar-refractivity contribution in [1.29, 1.82) is 0 Å². The molecule has 0 atom stereocenters. The molecule has 1 rings (SSSR count). The van der Waals surface area contributed by atoms with Crippen LogP contribution in [-0.4, -0.2) is 26.4 Å². The predicted molar refractivity (Wildman–Crippen MR) is 68.6 cm³/mol. The zero-order chi connectivity index (χ0) is 13.8. The number of rotatable bonds is 6. The Labute approximate surface area is 107 Å². The number of hydrogen-bond donors (Lipinski definition) is 1. The van der Waals surface area contributed by atoms with Gasteiger partial charge >= 0.3 is 0 Å². The zero-order valence-electron chi connectivity index (χ0n) is 11.2. The van der Waals surface area contributed by atoms with E-state index in [-0.39, 0.29) is 17.0 Å².